The lowest BCUT2D eigenvalue weighted by atomic mass is 10.1. The highest BCUT2D eigenvalue weighted by atomic mass is 32.2. The molecule has 0 spiro atoms. The first-order valence-electron chi connectivity index (χ1n) is 6.35. The smallest absolute Gasteiger partial charge is 0.224 e. The van der Waals surface area contributed by atoms with Crippen molar-refractivity contribution < 1.29 is 4.79 Å². The predicted octanol–water partition coefficient (Wildman–Crippen LogP) is 2.21. The van der Waals surface area contributed by atoms with Gasteiger partial charge < -0.3 is 11.1 Å². The molecule has 3 nitrogen and oxygen atoms in total. The van der Waals surface area contributed by atoms with Crippen molar-refractivity contribution in [1.29, 1.82) is 0 Å². The summed E-state index contributed by atoms with van der Waals surface area (Å²) >= 11 is 1.86. The Morgan fingerprint density at radius 2 is 2.33 bits per heavy atom. The SMILES string of the molecule is CSC1CCCC1NC(=O)Cc1cccc(N)c1. The van der Waals surface area contributed by atoms with E-state index in [1.807, 2.05) is 36.0 Å². The maximum atomic E-state index is 12.0. The van der Waals surface area contributed by atoms with Crippen LogP contribution in [0.25, 0.3) is 0 Å². The van der Waals surface area contributed by atoms with E-state index < -0.39 is 0 Å². The van der Waals surface area contributed by atoms with Crippen molar-refractivity contribution in [2.45, 2.75) is 37.0 Å². The minimum Gasteiger partial charge on any atom is -0.399 e. The van der Waals surface area contributed by atoms with Crippen molar-refractivity contribution in [2.75, 3.05) is 12.0 Å². The van der Waals surface area contributed by atoms with Crippen LogP contribution in [0.4, 0.5) is 5.69 Å². The molecule has 0 saturated heterocycles. The molecule has 1 aliphatic carbocycles. The summed E-state index contributed by atoms with van der Waals surface area (Å²) in [5, 5.41) is 3.73. The zero-order chi connectivity index (χ0) is 13.0. The lowest BCUT2D eigenvalue weighted by molar-refractivity contribution is -0.121. The Morgan fingerprint density at radius 3 is 3.06 bits per heavy atom. The minimum atomic E-state index is 0.103. The van der Waals surface area contributed by atoms with Crippen molar-refractivity contribution in [3.63, 3.8) is 0 Å². The molecule has 2 rings (SSSR count). The highest BCUT2D eigenvalue weighted by Gasteiger charge is 2.27. The van der Waals surface area contributed by atoms with E-state index in [9.17, 15) is 4.79 Å². The number of hydrogen-bond acceptors (Lipinski definition) is 3. The van der Waals surface area contributed by atoms with Crippen LogP contribution in [0, 0.1) is 0 Å². The van der Waals surface area contributed by atoms with Gasteiger partial charge in [0, 0.05) is 17.0 Å². The van der Waals surface area contributed by atoms with Gasteiger partial charge in [0.2, 0.25) is 5.91 Å². The zero-order valence-corrected chi connectivity index (χ0v) is 11.5. The molecule has 1 aromatic rings. The van der Waals surface area contributed by atoms with Crippen LogP contribution in [0.3, 0.4) is 0 Å². The number of rotatable bonds is 4. The molecule has 0 bridgehead atoms. The molecule has 1 fully saturated rings. The van der Waals surface area contributed by atoms with E-state index in [0.29, 0.717) is 23.4 Å². The zero-order valence-electron chi connectivity index (χ0n) is 10.7. The van der Waals surface area contributed by atoms with E-state index in [4.69, 9.17) is 5.73 Å². The number of amides is 1. The second kappa shape index (κ2) is 6.14. The Kier molecular flexibility index (Phi) is 4.53. The number of thioether (sulfide) groups is 1. The van der Waals surface area contributed by atoms with Gasteiger partial charge in [-0.2, -0.15) is 11.8 Å². The van der Waals surface area contributed by atoms with Crippen LogP contribution >= 0.6 is 11.8 Å². The first-order chi connectivity index (χ1) is 8.69. The molecule has 3 N–H and O–H groups in total. The summed E-state index contributed by atoms with van der Waals surface area (Å²) < 4.78 is 0. The maximum Gasteiger partial charge on any atom is 0.224 e. The number of anilines is 1. The molecule has 98 valence electrons. The van der Waals surface area contributed by atoms with Crippen LogP contribution < -0.4 is 11.1 Å². The monoisotopic (exact) mass is 264 g/mol. The molecule has 18 heavy (non-hydrogen) atoms. The number of carbonyl (C=O) groups excluding carboxylic acids is 1. The first kappa shape index (κ1) is 13.3. The molecule has 0 radical (unpaired) electrons. The van der Waals surface area contributed by atoms with Gasteiger partial charge in [0.1, 0.15) is 0 Å². The highest BCUT2D eigenvalue weighted by molar-refractivity contribution is 7.99. The summed E-state index contributed by atoms with van der Waals surface area (Å²) in [7, 11) is 0. The largest absolute Gasteiger partial charge is 0.399 e. The maximum absolute atomic E-state index is 12.0. The fourth-order valence-electron chi connectivity index (χ4n) is 2.52. The number of hydrogen-bond donors (Lipinski definition) is 2. The first-order valence-corrected chi connectivity index (χ1v) is 7.64. The van der Waals surface area contributed by atoms with Gasteiger partial charge in [0.05, 0.1) is 6.42 Å². The van der Waals surface area contributed by atoms with E-state index in [2.05, 4.69) is 11.6 Å². The fraction of sp³-hybridized carbons (Fsp3) is 0.500. The summed E-state index contributed by atoms with van der Waals surface area (Å²) in [5.41, 5.74) is 7.40. The van der Waals surface area contributed by atoms with E-state index in [1.165, 1.54) is 12.8 Å². The van der Waals surface area contributed by atoms with Crippen molar-refractivity contribution in [3.05, 3.63) is 29.8 Å². The lowest BCUT2D eigenvalue weighted by Gasteiger charge is -2.19. The number of benzene rings is 1. The predicted molar refractivity (Wildman–Crippen MR) is 77.6 cm³/mol. The van der Waals surface area contributed by atoms with Gasteiger partial charge in [-0.1, -0.05) is 18.6 Å². The molecule has 4 heteroatoms. The Hall–Kier alpha value is -1.16. The van der Waals surface area contributed by atoms with Crippen LogP contribution in [0.2, 0.25) is 0 Å². The minimum absolute atomic E-state index is 0.103. The summed E-state index contributed by atoms with van der Waals surface area (Å²) in [5.74, 6) is 0.103. The van der Waals surface area contributed by atoms with Crippen LogP contribution in [0.1, 0.15) is 24.8 Å². The number of nitrogen functional groups attached to an aromatic ring is 1. The second-order valence-corrected chi connectivity index (χ2v) is 5.88. The fourth-order valence-corrected chi connectivity index (χ4v) is 3.45. The third kappa shape index (κ3) is 3.42. The molecular formula is C14H20N2OS. The van der Waals surface area contributed by atoms with Gasteiger partial charge in [-0.3, -0.25) is 4.79 Å². The molecule has 0 heterocycles. The van der Waals surface area contributed by atoms with E-state index in [0.717, 1.165) is 12.0 Å². The van der Waals surface area contributed by atoms with Gasteiger partial charge >= 0.3 is 0 Å². The summed E-state index contributed by atoms with van der Waals surface area (Å²) in [6, 6.07) is 7.87. The normalized spacial score (nSPS) is 22.9. The standard InChI is InChI=1S/C14H20N2OS/c1-18-13-7-3-6-12(13)16-14(17)9-10-4-2-5-11(15)8-10/h2,4-5,8,12-13H,3,6-7,9,15H2,1H3,(H,16,17). The average Bonchev–Trinajstić information content (AvgIpc) is 2.76. The average molecular weight is 264 g/mol. The van der Waals surface area contributed by atoms with E-state index >= 15 is 0 Å². The van der Waals surface area contributed by atoms with Gasteiger partial charge in [0.25, 0.3) is 0 Å². The number of nitrogens with one attached hydrogen (secondary N) is 1. The molecule has 0 aliphatic heterocycles. The van der Waals surface area contributed by atoms with Gasteiger partial charge in [-0.05, 0) is 36.8 Å². The third-order valence-electron chi connectivity index (χ3n) is 3.42. The number of nitrogens with two attached hydrogens (primary N) is 1. The highest BCUT2D eigenvalue weighted by Crippen LogP contribution is 2.28. The topological polar surface area (TPSA) is 55.1 Å². The van der Waals surface area contributed by atoms with Crippen molar-refractivity contribution in [3.8, 4) is 0 Å². The number of carbonyl (C=O) groups is 1. The molecule has 1 amide bonds. The molecule has 2 atom stereocenters. The summed E-state index contributed by atoms with van der Waals surface area (Å²) in [6.07, 6.45) is 6.07. The molecule has 1 aliphatic rings. The quantitative estimate of drug-likeness (QED) is 0.820. The van der Waals surface area contributed by atoms with Crippen molar-refractivity contribution in [1.82, 2.24) is 5.32 Å². The van der Waals surface area contributed by atoms with E-state index in [-0.39, 0.29) is 5.91 Å². The van der Waals surface area contributed by atoms with Crippen molar-refractivity contribution >= 4 is 23.4 Å². The molecule has 1 aromatic carbocycles. The van der Waals surface area contributed by atoms with Gasteiger partial charge in [-0.15, -0.1) is 0 Å². The lowest BCUT2D eigenvalue weighted by Crippen LogP contribution is -2.39. The van der Waals surface area contributed by atoms with Gasteiger partial charge in [-0.25, -0.2) is 0 Å². The van der Waals surface area contributed by atoms with Gasteiger partial charge in [0.15, 0.2) is 0 Å². The molecular weight excluding hydrogens is 244 g/mol. The van der Waals surface area contributed by atoms with Crippen LogP contribution in [-0.2, 0) is 11.2 Å². The third-order valence-corrected chi connectivity index (χ3v) is 4.59. The molecule has 2 unspecified atom stereocenters. The Morgan fingerprint density at radius 1 is 1.50 bits per heavy atom. The Bertz CT molecular complexity index is 422. The van der Waals surface area contributed by atoms with Crippen LogP contribution in [0.5, 0.6) is 0 Å². The molecule has 1 saturated carbocycles. The Balaban J connectivity index is 1.89. The van der Waals surface area contributed by atoms with Crippen LogP contribution in [0.15, 0.2) is 24.3 Å². The second-order valence-electron chi connectivity index (χ2n) is 4.80. The van der Waals surface area contributed by atoms with Crippen LogP contribution in [-0.4, -0.2) is 23.5 Å². The van der Waals surface area contributed by atoms with E-state index in [1.54, 1.807) is 0 Å². The molecule has 0 aromatic heterocycles. The summed E-state index contributed by atoms with van der Waals surface area (Å²) in [4.78, 5) is 12.0. The van der Waals surface area contributed by atoms with Crippen molar-refractivity contribution in [2.24, 2.45) is 0 Å². The summed E-state index contributed by atoms with van der Waals surface area (Å²) in [6.45, 7) is 0. The Labute approximate surface area is 113 Å².